The molecule has 20 heavy (non-hydrogen) atoms. The number of amides is 1. The minimum atomic E-state index is -0.0291. The van der Waals surface area contributed by atoms with Crippen LogP contribution in [-0.2, 0) is 4.74 Å². The third-order valence-corrected chi connectivity index (χ3v) is 3.50. The van der Waals surface area contributed by atoms with Crippen LogP contribution >= 0.6 is 0 Å². The summed E-state index contributed by atoms with van der Waals surface area (Å²) in [6.45, 7) is 5.21. The highest BCUT2D eigenvalue weighted by atomic mass is 16.5. The lowest BCUT2D eigenvalue weighted by Crippen LogP contribution is -2.35. The molecule has 1 saturated heterocycles. The van der Waals surface area contributed by atoms with Gasteiger partial charge in [-0.3, -0.25) is 4.79 Å². The molecule has 0 radical (unpaired) electrons. The first-order valence-corrected chi connectivity index (χ1v) is 7.24. The Balaban J connectivity index is 1.91. The van der Waals surface area contributed by atoms with Crippen LogP contribution in [0.4, 0.5) is 5.69 Å². The van der Waals surface area contributed by atoms with Gasteiger partial charge in [-0.15, -0.1) is 0 Å². The molecule has 0 bridgehead atoms. The summed E-state index contributed by atoms with van der Waals surface area (Å²) in [4.78, 5) is 18.3. The first-order valence-electron chi connectivity index (χ1n) is 7.24. The molecule has 2 heterocycles. The minimum absolute atomic E-state index is 0.0291. The number of nitrogens with one attached hydrogen (secondary N) is 1. The molecule has 2 rings (SSSR count). The normalized spacial score (nSPS) is 18.6. The number of ether oxygens (including phenoxy) is 1. The Kier molecular flexibility index (Phi) is 5.35. The van der Waals surface area contributed by atoms with Gasteiger partial charge in [-0.1, -0.05) is 0 Å². The number of carbonyl (C=O) groups is 1. The van der Waals surface area contributed by atoms with E-state index < -0.39 is 0 Å². The van der Waals surface area contributed by atoms with Gasteiger partial charge in [0.1, 0.15) is 5.69 Å². The molecule has 1 amide bonds. The lowest BCUT2D eigenvalue weighted by atomic mass is 10.0. The van der Waals surface area contributed by atoms with Gasteiger partial charge >= 0.3 is 0 Å². The SMILES string of the molecule is CCNc1ccc(C(=O)N(C)CC2CCCOC2)nc1. The van der Waals surface area contributed by atoms with Crippen molar-refractivity contribution >= 4 is 11.6 Å². The molecule has 1 N–H and O–H groups in total. The van der Waals surface area contributed by atoms with Gasteiger partial charge in [0, 0.05) is 26.7 Å². The second-order valence-electron chi connectivity index (χ2n) is 5.23. The molecule has 0 aliphatic carbocycles. The Labute approximate surface area is 120 Å². The fraction of sp³-hybridized carbons (Fsp3) is 0.600. The van der Waals surface area contributed by atoms with Crippen molar-refractivity contribution in [3.8, 4) is 0 Å². The van der Waals surface area contributed by atoms with Crippen molar-refractivity contribution in [1.29, 1.82) is 0 Å². The topological polar surface area (TPSA) is 54.5 Å². The summed E-state index contributed by atoms with van der Waals surface area (Å²) in [6.07, 6.45) is 3.92. The number of carbonyl (C=O) groups excluding carboxylic acids is 1. The maximum absolute atomic E-state index is 12.3. The molecule has 1 aromatic heterocycles. The van der Waals surface area contributed by atoms with Gasteiger partial charge < -0.3 is 15.0 Å². The Bertz CT molecular complexity index is 427. The summed E-state index contributed by atoms with van der Waals surface area (Å²) < 4.78 is 5.45. The van der Waals surface area contributed by atoms with E-state index in [4.69, 9.17) is 4.74 Å². The molecule has 1 aliphatic rings. The molecule has 0 aromatic carbocycles. The Morgan fingerprint density at radius 2 is 2.40 bits per heavy atom. The van der Waals surface area contributed by atoms with Crippen LogP contribution in [0.1, 0.15) is 30.3 Å². The second-order valence-corrected chi connectivity index (χ2v) is 5.23. The van der Waals surface area contributed by atoms with E-state index in [9.17, 15) is 4.79 Å². The van der Waals surface area contributed by atoms with Crippen LogP contribution in [0.15, 0.2) is 18.3 Å². The van der Waals surface area contributed by atoms with Gasteiger partial charge in [0.15, 0.2) is 0 Å². The Morgan fingerprint density at radius 1 is 1.55 bits per heavy atom. The third-order valence-electron chi connectivity index (χ3n) is 3.50. The third kappa shape index (κ3) is 3.93. The van der Waals surface area contributed by atoms with Crippen LogP contribution in [0.25, 0.3) is 0 Å². The Morgan fingerprint density at radius 3 is 3.00 bits per heavy atom. The molecule has 1 aromatic rings. The maximum Gasteiger partial charge on any atom is 0.272 e. The second kappa shape index (κ2) is 7.24. The van der Waals surface area contributed by atoms with E-state index in [1.807, 2.05) is 20.0 Å². The number of hydrogen-bond acceptors (Lipinski definition) is 4. The minimum Gasteiger partial charge on any atom is -0.384 e. The monoisotopic (exact) mass is 277 g/mol. The van der Waals surface area contributed by atoms with Crippen molar-refractivity contribution in [2.24, 2.45) is 5.92 Å². The number of pyridine rings is 1. The molecular weight excluding hydrogens is 254 g/mol. The molecule has 1 atom stereocenters. The van der Waals surface area contributed by atoms with Crippen molar-refractivity contribution in [2.75, 3.05) is 38.7 Å². The fourth-order valence-electron chi connectivity index (χ4n) is 2.45. The van der Waals surface area contributed by atoms with E-state index in [0.717, 1.165) is 44.8 Å². The summed E-state index contributed by atoms with van der Waals surface area (Å²) >= 11 is 0. The molecule has 1 unspecified atom stereocenters. The number of rotatable bonds is 5. The number of aromatic nitrogens is 1. The van der Waals surface area contributed by atoms with Gasteiger partial charge in [-0.25, -0.2) is 4.98 Å². The highest BCUT2D eigenvalue weighted by Gasteiger charge is 2.20. The highest BCUT2D eigenvalue weighted by Crippen LogP contribution is 2.15. The summed E-state index contributed by atoms with van der Waals surface area (Å²) in [7, 11) is 1.83. The molecule has 1 aliphatic heterocycles. The average molecular weight is 277 g/mol. The van der Waals surface area contributed by atoms with E-state index in [-0.39, 0.29) is 5.91 Å². The number of hydrogen-bond donors (Lipinski definition) is 1. The van der Waals surface area contributed by atoms with E-state index in [1.165, 1.54) is 0 Å². The van der Waals surface area contributed by atoms with Crippen molar-refractivity contribution < 1.29 is 9.53 Å². The molecular formula is C15H23N3O2. The molecule has 0 saturated carbocycles. The van der Waals surface area contributed by atoms with Gasteiger partial charge in [-0.2, -0.15) is 0 Å². The molecule has 5 heteroatoms. The van der Waals surface area contributed by atoms with E-state index in [1.54, 1.807) is 17.2 Å². The lowest BCUT2D eigenvalue weighted by molar-refractivity contribution is 0.0387. The zero-order chi connectivity index (χ0) is 14.4. The summed E-state index contributed by atoms with van der Waals surface area (Å²) in [6, 6.07) is 3.66. The van der Waals surface area contributed by atoms with E-state index >= 15 is 0 Å². The lowest BCUT2D eigenvalue weighted by Gasteiger charge is -2.27. The molecule has 110 valence electrons. The standard InChI is InChI=1S/C15H23N3O2/c1-3-16-13-6-7-14(17-9-13)15(19)18(2)10-12-5-4-8-20-11-12/h6-7,9,12,16H,3-5,8,10-11H2,1-2H3. The highest BCUT2D eigenvalue weighted by molar-refractivity contribution is 5.92. The zero-order valence-corrected chi connectivity index (χ0v) is 12.3. The van der Waals surface area contributed by atoms with Crippen molar-refractivity contribution in [1.82, 2.24) is 9.88 Å². The molecule has 1 fully saturated rings. The molecule has 5 nitrogen and oxygen atoms in total. The van der Waals surface area contributed by atoms with Crippen molar-refractivity contribution in [3.05, 3.63) is 24.0 Å². The van der Waals surface area contributed by atoms with Crippen molar-refractivity contribution in [2.45, 2.75) is 19.8 Å². The quantitative estimate of drug-likeness (QED) is 0.894. The predicted octanol–water partition coefficient (Wildman–Crippen LogP) is 2.01. The summed E-state index contributed by atoms with van der Waals surface area (Å²) in [5.74, 6) is 0.414. The summed E-state index contributed by atoms with van der Waals surface area (Å²) in [5, 5.41) is 3.16. The smallest absolute Gasteiger partial charge is 0.272 e. The van der Waals surface area contributed by atoms with Gasteiger partial charge in [-0.05, 0) is 37.8 Å². The van der Waals surface area contributed by atoms with Crippen LogP contribution in [0.3, 0.4) is 0 Å². The van der Waals surface area contributed by atoms with Gasteiger partial charge in [0.05, 0.1) is 18.5 Å². The Hall–Kier alpha value is -1.62. The first-order chi connectivity index (χ1) is 9.70. The van der Waals surface area contributed by atoms with Gasteiger partial charge in [0.2, 0.25) is 0 Å². The van der Waals surface area contributed by atoms with Crippen LogP contribution in [-0.4, -0.2) is 49.1 Å². The largest absolute Gasteiger partial charge is 0.384 e. The van der Waals surface area contributed by atoms with Gasteiger partial charge in [0.25, 0.3) is 5.91 Å². The van der Waals surface area contributed by atoms with Crippen LogP contribution in [0, 0.1) is 5.92 Å². The van der Waals surface area contributed by atoms with Crippen molar-refractivity contribution in [3.63, 3.8) is 0 Å². The number of nitrogens with zero attached hydrogens (tertiary/aromatic N) is 2. The zero-order valence-electron chi connectivity index (χ0n) is 12.3. The maximum atomic E-state index is 12.3. The average Bonchev–Trinajstić information content (AvgIpc) is 2.48. The van der Waals surface area contributed by atoms with Crippen LogP contribution in [0.2, 0.25) is 0 Å². The number of anilines is 1. The summed E-state index contributed by atoms with van der Waals surface area (Å²) in [5.41, 5.74) is 1.43. The van der Waals surface area contributed by atoms with E-state index in [2.05, 4.69) is 10.3 Å². The van der Waals surface area contributed by atoms with Crippen LogP contribution in [0.5, 0.6) is 0 Å². The predicted molar refractivity (Wildman–Crippen MR) is 78.9 cm³/mol. The first kappa shape index (κ1) is 14.8. The van der Waals surface area contributed by atoms with Crippen LogP contribution < -0.4 is 5.32 Å². The molecule has 0 spiro atoms. The fourth-order valence-corrected chi connectivity index (χ4v) is 2.45. The van der Waals surface area contributed by atoms with E-state index in [0.29, 0.717) is 11.6 Å².